The van der Waals surface area contributed by atoms with Crippen LogP contribution in [0.2, 0.25) is 0 Å². The molecule has 1 aromatic heterocycles. The first kappa shape index (κ1) is 14.0. The van der Waals surface area contributed by atoms with Crippen LogP contribution in [0.1, 0.15) is 5.56 Å². The second-order valence-corrected chi connectivity index (χ2v) is 5.70. The standard InChI is InChI=1S/C16H18N6O/c23-15-9-11-1-2-12(10-13(11)20-15)19-14-3-4-18-16(21-14)22-7-5-17-6-8-22/h1-4,10,17H,5-9H2,(H,20,23)(H,18,19,21). The molecule has 118 valence electrons. The molecule has 7 heteroatoms. The summed E-state index contributed by atoms with van der Waals surface area (Å²) in [6, 6.07) is 7.71. The van der Waals surface area contributed by atoms with Gasteiger partial charge in [0.05, 0.1) is 6.42 Å². The van der Waals surface area contributed by atoms with E-state index >= 15 is 0 Å². The summed E-state index contributed by atoms with van der Waals surface area (Å²) in [5.74, 6) is 1.53. The number of fused-ring (bicyclic) bond motifs is 1. The number of carbonyl (C=O) groups excluding carboxylic acids is 1. The van der Waals surface area contributed by atoms with E-state index in [2.05, 4.69) is 30.8 Å². The molecule has 0 spiro atoms. The van der Waals surface area contributed by atoms with Crippen LogP contribution in [0.15, 0.2) is 30.5 Å². The molecule has 0 radical (unpaired) electrons. The number of carbonyl (C=O) groups is 1. The van der Waals surface area contributed by atoms with Gasteiger partial charge in [-0.3, -0.25) is 4.79 Å². The highest BCUT2D eigenvalue weighted by molar-refractivity contribution is 5.99. The number of hydrogen-bond acceptors (Lipinski definition) is 6. The molecule has 0 atom stereocenters. The fraction of sp³-hybridized carbons (Fsp3) is 0.312. The van der Waals surface area contributed by atoms with Gasteiger partial charge in [-0.1, -0.05) is 6.07 Å². The average Bonchev–Trinajstić information content (AvgIpc) is 2.95. The van der Waals surface area contributed by atoms with Crippen molar-refractivity contribution >= 4 is 29.0 Å². The van der Waals surface area contributed by atoms with Crippen molar-refractivity contribution in [1.29, 1.82) is 0 Å². The molecule has 3 heterocycles. The van der Waals surface area contributed by atoms with Gasteiger partial charge in [-0.25, -0.2) is 4.98 Å². The lowest BCUT2D eigenvalue weighted by Crippen LogP contribution is -2.44. The molecule has 1 amide bonds. The zero-order valence-corrected chi connectivity index (χ0v) is 12.7. The molecule has 3 N–H and O–H groups in total. The lowest BCUT2D eigenvalue weighted by Gasteiger charge is -2.27. The monoisotopic (exact) mass is 310 g/mol. The predicted molar refractivity (Wildman–Crippen MR) is 89.2 cm³/mol. The number of anilines is 4. The summed E-state index contributed by atoms with van der Waals surface area (Å²) >= 11 is 0. The van der Waals surface area contributed by atoms with Crippen LogP contribution in [0.3, 0.4) is 0 Å². The first-order chi connectivity index (χ1) is 11.3. The van der Waals surface area contributed by atoms with Gasteiger partial charge in [-0.2, -0.15) is 4.98 Å². The molecule has 0 unspecified atom stereocenters. The van der Waals surface area contributed by atoms with Gasteiger partial charge in [0.2, 0.25) is 11.9 Å². The molecule has 0 saturated carbocycles. The molecule has 0 bridgehead atoms. The summed E-state index contributed by atoms with van der Waals surface area (Å²) in [4.78, 5) is 22.5. The van der Waals surface area contributed by atoms with E-state index in [0.717, 1.165) is 54.9 Å². The maximum absolute atomic E-state index is 11.4. The zero-order chi connectivity index (χ0) is 15.6. The van der Waals surface area contributed by atoms with E-state index in [1.165, 1.54) is 0 Å². The normalized spacial score (nSPS) is 16.9. The molecule has 2 aliphatic rings. The van der Waals surface area contributed by atoms with E-state index in [1.54, 1.807) is 6.20 Å². The van der Waals surface area contributed by atoms with Gasteiger partial charge in [0, 0.05) is 43.8 Å². The van der Waals surface area contributed by atoms with Crippen LogP contribution in [-0.4, -0.2) is 42.1 Å². The van der Waals surface area contributed by atoms with Gasteiger partial charge in [-0.15, -0.1) is 0 Å². The third-order valence-corrected chi connectivity index (χ3v) is 4.05. The topological polar surface area (TPSA) is 82.2 Å². The number of nitrogens with zero attached hydrogens (tertiary/aromatic N) is 3. The number of aromatic nitrogens is 2. The Morgan fingerprint density at radius 3 is 2.91 bits per heavy atom. The molecule has 23 heavy (non-hydrogen) atoms. The van der Waals surface area contributed by atoms with Crippen molar-refractivity contribution in [3.8, 4) is 0 Å². The van der Waals surface area contributed by atoms with Crippen molar-refractivity contribution in [2.24, 2.45) is 0 Å². The van der Waals surface area contributed by atoms with Crippen LogP contribution in [0.4, 0.5) is 23.1 Å². The Balaban J connectivity index is 1.53. The smallest absolute Gasteiger partial charge is 0.228 e. The lowest BCUT2D eigenvalue weighted by molar-refractivity contribution is -0.115. The summed E-state index contributed by atoms with van der Waals surface area (Å²) in [6.07, 6.45) is 2.22. The Bertz CT molecular complexity index is 741. The van der Waals surface area contributed by atoms with E-state index < -0.39 is 0 Å². The Labute approximate surface area is 134 Å². The van der Waals surface area contributed by atoms with Crippen LogP contribution in [0.5, 0.6) is 0 Å². The minimum atomic E-state index is 0.0418. The molecule has 0 aliphatic carbocycles. The zero-order valence-electron chi connectivity index (χ0n) is 12.7. The van der Waals surface area contributed by atoms with Crippen LogP contribution in [0, 0.1) is 0 Å². The van der Waals surface area contributed by atoms with E-state index in [0.29, 0.717) is 6.42 Å². The molecule has 1 saturated heterocycles. The van der Waals surface area contributed by atoms with Crippen molar-refractivity contribution in [1.82, 2.24) is 15.3 Å². The van der Waals surface area contributed by atoms with Crippen molar-refractivity contribution in [2.75, 3.05) is 41.7 Å². The van der Waals surface area contributed by atoms with Gasteiger partial charge >= 0.3 is 0 Å². The second-order valence-electron chi connectivity index (χ2n) is 5.70. The highest BCUT2D eigenvalue weighted by Crippen LogP contribution is 2.27. The molecule has 2 aromatic rings. The van der Waals surface area contributed by atoms with Crippen LogP contribution in [-0.2, 0) is 11.2 Å². The Kier molecular flexibility index (Phi) is 3.55. The number of hydrogen-bond donors (Lipinski definition) is 3. The highest BCUT2D eigenvalue weighted by Gasteiger charge is 2.18. The van der Waals surface area contributed by atoms with Crippen LogP contribution in [0.25, 0.3) is 0 Å². The van der Waals surface area contributed by atoms with E-state index in [1.807, 2.05) is 24.3 Å². The summed E-state index contributed by atoms with van der Waals surface area (Å²) in [7, 11) is 0. The van der Waals surface area contributed by atoms with Crippen molar-refractivity contribution in [3.05, 3.63) is 36.0 Å². The molecule has 1 aromatic carbocycles. The van der Waals surface area contributed by atoms with Gasteiger partial charge in [0.1, 0.15) is 5.82 Å². The lowest BCUT2D eigenvalue weighted by atomic mass is 10.1. The maximum Gasteiger partial charge on any atom is 0.228 e. The molecular formula is C16H18N6O. The number of piperazine rings is 1. The van der Waals surface area contributed by atoms with Crippen molar-refractivity contribution in [2.45, 2.75) is 6.42 Å². The minimum absolute atomic E-state index is 0.0418. The quantitative estimate of drug-likeness (QED) is 0.788. The Morgan fingerprint density at radius 2 is 2.04 bits per heavy atom. The fourth-order valence-corrected chi connectivity index (χ4v) is 2.88. The third-order valence-electron chi connectivity index (χ3n) is 4.05. The van der Waals surface area contributed by atoms with E-state index in [-0.39, 0.29) is 5.91 Å². The SMILES string of the molecule is O=C1Cc2ccc(Nc3ccnc(N4CCNCC4)n3)cc2N1. The summed E-state index contributed by atoms with van der Waals surface area (Å²) in [5.41, 5.74) is 2.80. The molecule has 2 aliphatic heterocycles. The fourth-order valence-electron chi connectivity index (χ4n) is 2.88. The van der Waals surface area contributed by atoms with E-state index in [4.69, 9.17) is 0 Å². The number of amides is 1. The molecule has 1 fully saturated rings. The second kappa shape index (κ2) is 5.85. The summed E-state index contributed by atoms with van der Waals surface area (Å²) in [6.45, 7) is 3.72. The van der Waals surface area contributed by atoms with Crippen molar-refractivity contribution in [3.63, 3.8) is 0 Å². The third kappa shape index (κ3) is 2.95. The van der Waals surface area contributed by atoms with Gasteiger partial charge in [-0.05, 0) is 23.8 Å². The number of benzene rings is 1. The first-order valence-corrected chi connectivity index (χ1v) is 7.76. The highest BCUT2D eigenvalue weighted by atomic mass is 16.1. The first-order valence-electron chi connectivity index (χ1n) is 7.76. The van der Waals surface area contributed by atoms with Gasteiger partial charge in [0.15, 0.2) is 0 Å². The predicted octanol–water partition coefficient (Wildman–Crippen LogP) is 1.12. The van der Waals surface area contributed by atoms with Gasteiger partial charge < -0.3 is 20.9 Å². The Hall–Kier alpha value is -2.67. The maximum atomic E-state index is 11.4. The number of nitrogens with one attached hydrogen (secondary N) is 3. The summed E-state index contributed by atoms with van der Waals surface area (Å²) in [5, 5.41) is 9.46. The van der Waals surface area contributed by atoms with Crippen LogP contribution < -0.4 is 20.9 Å². The minimum Gasteiger partial charge on any atom is -0.340 e. The van der Waals surface area contributed by atoms with Crippen molar-refractivity contribution < 1.29 is 4.79 Å². The van der Waals surface area contributed by atoms with Crippen LogP contribution >= 0.6 is 0 Å². The summed E-state index contributed by atoms with van der Waals surface area (Å²) < 4.78 is 0. The van der Waals surface area contributed by atoms with E-state index in [9.17, 15) is 4.79 Å². The molecular weight excluding hydrogens is 292 g/mol. The Morgan fingerprint density at radius 1 is 1.17 bits per heavy atom. The molecule has 7 nitrogen and oxygen atoms in total. The average molecular weight is 310 g/mol. The molecule has 4 rings (SSSR count). The number of rotatable bonds is 3. The largest absolute Gasteiger partial charge is 0.340 e. The van der Waals surface area contributed by atoms with Gasteiger partial charge in [0.25, 0.3) is 0 Å².